The van der Waals surface area contributed by atoms with Crippen LogP contribution in [0.25, 0.3) is 11.1 Å². The number of alkyl halides is 4. The highest BCUT2D eigenvalue weighted by Gasteiger charge is 2.41. The van der Waals surface area contributed by atoms with E-state index in [0.717, 1.165) is 30.5 Å². The van der Waals surface area contributed by atoms with Gasteiger partial charge in [-0.25, -0.2) is 22.0 Å². The minimum absolute atomic E-state index is 0.0231. The zero-order chi connectivity index (χ0) is 24.9. The Balaban J connectivity index is 1.93. The minimum Gasteiger partial charge on any atom is -0.459 e. The number of halogens is 7. The Morgan fingerprint density at radius 1 is 0.765 bits per heavy atom. The van der Waals surface area contributed by atoms with Crippen molar-refractivity contribution in [2.24, 2.45) is 0 Å². The first-order chi connectivity index (χ1) is 16.2. The molecule has 0 N–H and O–H groups in total. The lowest BCUT2D eigenvalue weighted by Crippen LogP contribution is -2.25. The van der Waals surface area contributed by atoms with Crippen LogP contribution in [0.3, 0.4) is 0 Å². The molecule has 0 aliphatic heterocycles. The second kappa shape index (κ2) is 10.7. The highest BCUT2D eigenvalue weighted by Crippen LogP contribution is 2.41. The molecular formula is C24H19F7O3. The summed E-state index contributed by atoms with van der Waals surface area (Å²) < 4.78 is 111. The van der Waals surface area contributed by atoms with Gasteiger partial charge < -0.3 is 14.2 Å². The van der Waals surface area contributed by atoms with Crippen molar-refractivity contribution in [3.8, 4) is 28.4 Å². The van der Waals surface area contributed by atoms with E-state index < -0.39 is 60.1 Å². The van der Waals surface area contributed by atoms with Crippen LogP contribution in [0.5, 0.6) is 17.2 Å². The van der Waals surface area contributed by atoms with Crippen molar-refractivity contribution in [2.45, 2.75) is 25.9 Å². The first-order valence-electron chi connectivity index (χ1n) is 10.1. The fourth-order valence-electron chi connectivity index (χ4n) is 3.33. The largest absolute Gasteiger partial charge is 0.459 e. The van der Waals surface area contributed by atoms with Crippen LogP contribution < -0.4 is 14.2 Å². The molecule has 10 heteroatoms. The third-order valence-corrected chi connectivity index (χ3v) is 4.80. The maximum atomic E-state index is 14.7. The van der Waals surface area contributed by atoms with Crippen LogP contribution in [0, 0.1) is 17.5 Å². The predicted molar refractivity (Wildman–Crippen MR) is 110 cm³/mol. The summed E-state index contributed by atoms with van der Waals surface area (Å²) in [5, 5.41) is 0. The van der Waals surface area contributed by atoms with E-state index >= 15 is 0 Å². The molecule has 0 fully saturated rings. The summed E-state index contributed by atoms with van der Waals surface area (Å²) >= 11 is 0. The van der Waals surface area contributed by atoms with Gasteiger partial charge in [0.1, 0.15) is 22.9 Å². The lowest BCUT2D eigenvalue weighted by Gasteiger charge is -2.21. The molecule has 3 rings (SSSR count). The summed E-state index contributed by atoms with van der Waals surface area (Å²) in [6.07, 6.45) is -2.88. The molecule has 0 aliphatic rings. The molecule has 182 valence electrons. The van der Waals surface area contributed by atoms with Gasteiger partial charge in [0.25, 0.3) is 0 Å². The van der Waals surface area contributed by atoms with Gasteiger partial charge in [-0.05, 0) is 35.2 Å². The first-order valence-corrected chi connectivity index (χ1v) is 10.1. The normalized spacial score (nSPS) is 11.4. The molecule has 0 aromatic heterocycles. The summed E-state index contributed by atoms with van der Waals surface area (Å²) in [5.74, 6) is -7.26. The Hall–Kier alpha value is -3.43. The van der Waals surface area contributed by atoms with E-state index in [9.17, 15) is 30.7 Å². The van der Waals surface area contributed by atoms with E-state index in [1.807, 2.05) is 6.92 Å². The van der Waals surface area contributed by atoms with Crippen LogP contribution >= 0.6 is 0 Å². The van der Waals surface area contributed by atoms with Gasteiger partial charge in [0.15, 0.2) is 11.6 Å². The van der Waals surface area contributed by atoms with Crippen molar-refractivity contribution in [1.82, 2.24) is 0 Å². The van der Waals surface area contributed by atoms with Gasteiger partial charge >= 0.3 is 6.11 Å². The average molecular weight is 488 g/mol. The molecule has 0 unspecified atom stereocenters. The molecule has 0 amide bonds. The van der Waals surface area contributed by atoms with Crippen LogP contribution in [-0.4, -0.2) is 13.7 Å². The second-order valence-corrected chi connectivity index (χ2v) is 7.12. The molecule has 0 aliphatic carbocycles. The zero-order valence-electron chi connectivity index (χ0n) is 17.8. The maximum Gasteiger partial charge on any atom is 0.432 e. The summed E-state index contributed by atoms with van der Waals surface area (Å²) in [6.45, 7) is -1.04. The zero-order valence-corrected chi connectivity index (χ0v) is 17.8. The lowest BCUT2D eigenvalue weighted by molar-refractivity contribution is -0.189. The lowest BCUT2D eigenvalue weighted by atomic mass is 10.00. The number of benzene rings is 3. The van der Waals surface area contributed by atoms with Crippen molar-refractivity contribution in [2.75, 3.05) is 13.7 Å². The SMILES string of the molecule is CCCc1ccc(-c2cc(F)c(C(F)(F)Oc3cc(F)c(OCF)c(OCF)c3)c(F)c2)cc1. The Labute approximate surface area is 190 Å². The number of hydrogen-bond acceptors (Lipinski definition) is 3. The number of ether oxygens (including phenoxy) is 3. The highest BCUT2D eigenvalue weighted by molar-refractivity contribution is 5.64. The van der Waals surface area contributed by atoms with Crippen LogP contribution in [0.4, 0.5) is 30.7 Å². The molecule has 0 heterocycles. The van der Waals surface area contributed by atoms with E-state index in [-0.39, 0.29) is 5.56 Å². The van der Waals surface area contributed by atoms with E-state index in [0.29, 0.717) is 17.7 Å². The summed E-state index contributed by atoms with van der Waals surface area (Å²) in [5.41, 5.74) is -0.270. The monoisotopic (exact) mass is 488 g/mol. The number of aryl methyl sites for hydroxylation is 1. The maximum absolute atomic E-state index is 14.7. The van der Waals surface area contributed by atoms with Crippen molar-refractivity contribution in [1.29, 1.82) is 0 Å². The van der Waals surface area contributed by atoms with Gasteiger partial charge in [-0.3, -0.25) is 0 Å². The predicted octanol–water partition coefficient (Wildman–Crippen LogP) is 7.46. The third kappa shape index (κ3) is 5.55. The van der Waals surface area contributed by atoms with Gasteiger partial charge in [-0.1, -0.05) is 37.6 Å². The van der Waals surface area contributed by atoms with Gasteiger partial charge in [0.2, 0.25) is 19.5 Å². The first kappa shape index (κ1) is 25.2. The Morgan fingerprint density at radius 3 is 1.94 bits per heavy atom. The van der Waals surface area contributed by atoms with E-state index in [1.165, 1.54) is 0 Å². The van der Waals surface area contributed by atoms with Gasteiger partial charge in [-0.2, -0.15) is 8.78 Å². The van der Waals surface area contributed by atoms with Gasteiger partial charge in [0.05, 0.1) is 0 Å². The molecule has 0 spiro atoms. The summed E-state index contributed by atoms with van der Waals surface area (Å²) in [6, 6.07) is 9.13. The Morgan fingerprint density at radius 2 is 1.38 bits per heavy atom. The van der Waals surface area contributed by atoms with Crippen molar-refractivity contribution >= 4 is 0 Å². The van der Waals surface area contributed by atoms with Crippen molar-refractivity contribution in [3.63, 3.8) is 0 Å². The van der Waals surface area contributed by atoms with Crippen LogP contribution in [0.15, 0.2) is 48.5 Å². The Kier molecular flexibility index (Phi) is 7.90. The smallest absolute Gasteiger partial charge is 0.432 e. The van der Waals surface area contributed by atoms with E-state index in [1.54, 1.807) is 24.3 Å². The molecule has 0 radical (unpaired) electrons. The fraction of sp³-hybridized carbons (Fsp3) is 0.250. The quantitative estimate of drug-likeness (QED) is 0.277. The summed E-state index contributed by atoms with van der Waals surface area (Å²) in [4.78, 5) is 0. The fourth-order valence-corrected chi connectivity index (χ4v) is 3.33. The standard InChI is InChI=1S/C24H19F7O3/c1-2-3-14-4-6-15(7-5-14)16-8-18(27)22(19(28)9-16)24(30,31)34-17-10-20(29)23(33-13-26)21(11-17)32-12-25/h4-11H,2-3,12-13H2,1H3. The molecule has 0 atom stereocenters. The third-order valence-electron chi connectivity index (χ3n) is 4.80. The topological polar surface area (TPSA) is 27.7 Å². The molecule has 3 nitrogen and oxygen atoms in total. The molecule has 3 aromatic carbocycles. The van der Waals surface area contributed by atoms with Crippen LogP contribution in [0.2, 0.25) is 0 Å². The minimum atomic E-state index is -4.60. The highest BCUT2D eigenvalue weighted by atomic mass is 19.3. The number of rotatable bonds is 10. The molecule has 0 saturated heterocycles. The second-order valence-electron chi connectivity index (χ2n) is 7.12. The van der Waals surface area contributed by atoms with Crippen LogP contribution in [-0.2, 0) is 12.5 Å². The van der Waals surface area contributed by atoms with Crippen molar-refractivity contribution in [3.05, 3.63) is 77.1 Å². The molecule has 0 bridgehead atoms. The summed E-state index contributed by atoms with van der Waals surface area (Å²) in [7, 11) is 0. The molecule has 3 aromatic rings. The van der Waals surface area contributed by atoms with Crippen LogP contribution in [0.1, 0.15) is 24.5 Å². The number of hydrogen-bond donors (Lipinski definition) is 0. The molecule has 0 saturated carbocycles. The van der Waals surface area contributed by atoms with Crippen molar-refractivity contribution < 1.29 is 44.9 Å². The van der Waals surface area contributed by atoms with Gasteiger partial charge in [0, 0.05) is 12.1 Å². The Bertz CT molecular complexity index is 1110. The van der Waals surface area contributed by atoms with E-state index in [4.69, 9.17) is 0 Å². The van der Waals surface area contributed by atoms with E-state index in [2.05, 4.69) is 14.2 Å². The van der Waals surface area contributed by atoms with Gasteiger partial charge in [-0.15, -0.1) is 0 Å². The molecule has 34 heavy (non-hydrogen) atoms. The molecular weight excluding hydrogens is 469 g/mol. The average Bonchev–Trinajstić information content (AvgIpc) is 2.76.